The van der Waals surface area contributed by atoms with Crippen molar-refractivity contribution in [3.05, 3.63) is 102 Å². The van der Waals surface area contributed by atoms with Gasteiger partial charge in [-0.2, -0.15) is 0 Å². The van der Waals surface area contributed by atoms with Gasteiger partial charge in [0.15, 0.2) is 11.5 Å². The summed E-state index contributed by atoms with van der Waals surface area (Å²) in [5.74, 6) is -0.217. The third kappa shape index (κ3) is 4.56. The zero-order chi connectivity index (χ0) is 26.1. The van der Waals surface area contributed by atoms with E-state index in [1.54, 1.807) is 67.8 Å². The zero-order valence-electron chi connectivity index (χ0n) is 20.8. The van der Waals surface area contributed by atoms with Crippen molar-refractivity contribution in [2.24, 2.45) is 5.92 Å². The third-order valence-electron chi connectivity index (χ3n) is 6.21. The van der Waals surface area contributed by atoms with Gasteiger partial charge in [-0.1, -0.05) is 44.2 Å². The number of rotatable bonds is 8. The molecule has 0 aliphatic carbocycles. The van der Waals surface area contributed by atoms with E-state index in [1.807, 2.05) is 18.2 Å². The summed E-state index contributed by atoms with van der Waals surface area (Å²) in [6, 6.07) is 22.1. The van der Waals surface area contributed by atoms with E-state index in [2.05, 4.69) is 13.8 Å². The highest BCUT2D eigenvalue weighted by molar-refractivity contribution is 6.20. The molecule has 2 heterocycles. The minimum atomic E-state index is -0.897. The molecule has 1 N–H and O–H groups in total. The molecule has 1 unspecified atom stereocenters. The van der Waals surface area contributed by atoms with Gasteiger partial charge in [0, 0.05) is 11.1 Å². The molecule has 0 saturated carbocycles. The van der Waals surface area contributed by atoms with Crippen molar-refractivity contribution in [1.29, 1.82) is 0 Å². The van der Waals surface area contributed by atoms with E-state index in [4.69, 9.17) is 13.9 Å². The van der Waals surface area contributed by atoms with E-state index in [0.29, 0.717) is 40.9 Å². The van der Waals surface area contributed by atoms with Crippen LogP contribution in [0.25, 0.3) is 11.0 Å². The summed E-state index contributed by atoms with van der Waals surface area (Å²) in [6.07, 6.45) is 0. The molecular weight excluding hydrogens is 470 g/mol. The number of carbonyl (C=O) groups excluding carboxylic acids is 2. The number of nitrogens with zero attached hydrogens (tertiary/aromatic N) is 1. The third-order valence-corrected chi connectivity index (χ3v) is 6.21. The molecule has 0 saturated heterocycles. The van der Waals surface area contributed by atoms with Crippen molar-refractivity contribution in [3.63, 3.8) is 0 Å². The minimum Gasteiger partial charge on any atom is -0.503 e. The number of methoxy groups -OCH3 is 1. The Balaban J connectivity index is 1.58. The smallest absolute Gasteiger partial charge is 0.294 e. The summed E-state index contributed by atoms with van der Waals surface area (Å²) in [5, 5.41) is 11.8. The fourth-order valence-electron chi connectivity index (χ4n) is 4.42. The number of benzene rings is 3. The number of ether oxygens (including phenoxy) is 2. The standard InChI is InChI=1S/C30H27NO6/c1-18(2)17-36-22-13-11-21(12-14-22)31-27(20-8-6-9-23(15-20)35-3)26(29(33)30(31)34)28(32)25-16-19-7-4-5-10-24(19)37-25/h4-16,18,27,33H,17H2,1-3H3. The zero-order valence-corrected chi connectivity index (χ0v) is 20.8. The van der Waals surface area contributed by atoms with E-state index < -0.39 is 23.5 Å². The van der Waals surface area contributed by atoms with Crippen molar-refractivity contribution in [3.8, 4) is 11.5 Å². The van der Waals surface area contributed by atoms with Gasteiger partial charge in [0.25, 0.3) is 5.91 Å². The molecule has 7 heteroatoms. The molecule has 0 fully saturated rings. The van der Waals surface area contributed by atoms with Crippen molar-refractivity contribution in [2.75, 3.05) is 18.6 Å². The molecular formula is C30H27NO6. The molecule has 1 atom stereocenters. The highest BCUT2D eigenvalue weighted by Crippen LogP contribution is 2.43. The summed E-state index contributed by atoms with van der Waals surface area (Å²) in [5.41, 5.74) is 1.60. The molecule has 1 amide bonds. The molecule has 3 aromatic carbocycles. The molecule has 5 rings (SSSR count). The molecule has 1 aliphatic heterocycles. The van der Waals surface area contributed by atoms with Crippen molar-refractivity contribution in [2.45, 2.75) is 19.9 Å². The molecule has 0 spiro atoms. The number of hydrogen-bond acceptors (Lipinski definition) is 6. The van der Waals surface area contributed by atoms with Gasteiger partial charge < -0.3 is 19.0 Å². The molecule has 37 heavy (non-hydrogen) atoms. The Bertz CT molecular complexity index is 1470. The first kappa shape index (κ1) is 24.2. The predicted molar refractivity (Wildman–Crippen MR) is 140 cm³/mol. The average Bonchev–Trinajstić information content (AvgIpc) is 3.46. The average molecular weight is 498 g/mol. The summed E-state index contributed by atoms with van der Waals surface area (Å²) in [4.78, 5) is 28.6. The molecule has 1 aliphatic rings. The number of hydrogen-bond donors (Lipinski definition) is 1. The maximum atomic E-state index is 13.7. The summed E-state index contributed by atoms with van der Waals surface area (Å²) < 4.78 is 17.0. The van der Waals surface area contributed by atoms with E-state index >= 15 is 0 Å². The maximum Gasteiger partial charge on any atom is 0.294 e. The topological polar surface area (TPSA) is 89.2 Å². The number of fused-ring (bicyclic) bond motifs is 1. The van der Waals surface area contributed by atoms with Gasteiger partial charge in [0.05, 0.1) is 25.3 Å². The second-order valence-corrected chi connectivity index (χ2v) is 9.29. The summed E-state index contributed by atoms with van der Waals surface area (Å²) >= 11 is 0. The predicted octanol–water partition coefficient (Wildman–Crippen LogP) is 6.26. The number of ketones is 1. The van der Waals surface area contributed by atoms with Crippen molar-refractivity contribution in [1.82, 2.24) is 0 Å². The Morgan fingerprint density at radius 1 is 1.00 bits per heavy atom. The van der Waals surface area contributed by atoms with Gasteiger partial charge >= 0.3 is 0 Å². The van der Waals surface area contributed by atoms with Crippen LogP contribution in [0.4, 0.5) is 5.69 Å². The van der Waals surface area contributed by atoms with Crippen LogP contribution in [0.1, 0.15) is 36.0 Å². The number of furan rings is 1. The number of Topliss-reactive ketones (excluding diaryl/α,β-unsaturated/α-hetero) is 1. The first-order valence-corrected chi connectivity index (χ1v) is 12.0. The molecule has 188 valence electrons. The fourth-order valence-corrected chi connectivity index (χ4v) is 4.42. The highest BCUT2D eigenvalue weighted by Gasteiger charge is 2.45. The number of aliphatic hydroxyl groups excluding tert-OH is 1. The number of aliphatic hydroxyl groups is 1. The first-order valence-electron chi connectivity index (χ1n) is 12.0. The molecule has 1 aromatic heterocycles. The maximum absolute atomic E-state index is 13.7. The fraction of sp³-hybridized carbons (Fsp3) is 0.200. The van der Waals surface area contributed by atoms with Gasteiger partial charge in [-0.25, -0.2) is 0 Å². The number of anilines is 1. The van der Waals surface area contributed by atoms with Crippen LogP contribution in [-0.4, -0.2) is 30.5 Å². The SMILES string of the molecule is COc1cccc(C2C(C(=O)c3cc4ccccc4o3)=C(O)C(=O)N2c2ccc(OCC(C)C)cc2)c1. The largest absolute Gasteiger partial charge is 0.503 e. The monoisotopic (exact) mass is 497 g/mol. The Kier molecular flexibility index (Phi) is 6.44. The summed E-state index contributed by atoms with van der Waals surface area (Å²) in [7, 11) is 1.54. The van der Waals surface area contributed by atoms with Gasteiger partial charge in [-0.3, -0.25) is 14.5 Å². The lowest BCUT2D eigenvalue weighted by atomic mass is 9.94. The van der Waals surface area contributed by atoms with E-state index in [-0.39, 0.29) is 11.3 Å². The Morgan fingerprint density at radius 3 is 2.46 bits per heavy atom. The normalized spacial score (nSPS) is 15.6. The van der Waals surface area contributed by atoms with E-state index in [0.717, 1.165) is 5.39 Å². The van der Waals surface area contributed by atoms with Gasteiger partial charge in [0.2, 0.25) is 5.78 Å². The first-order chi connectivity index (χ1) is 17.9. The van der Waals surface area contributed by atoms with Crippen LogP contribution in [0.5, 0.6) is 11.5 Å². The van der Waals surface area contributed by atoms with Crippen LogP contribution in [0, 0.1) is 5.92 Å². The van der Waals surface area contributed by atoms with Crippen LogP contribution in [0.2, 0.25) is 0 Å². The lowest BCUT2D eigenvalue weighted by Crippen LogP contribution is -2.31. The van der Waals surface area contributed by atoms with Crippen LogP contribution >= 0.6 is 0 Å². The molecule has 7 nitrogen and oxygen atoms in total. The second-order valence-electron chi connectivity index (χ2n) is 9.29. The lowest BCUT2D eigenvalue weighted by molar-refractivity contribution is -0.117. The van der Waals surface area contributed by atoms with Gasteiger partial charge in [-0.15, -0.1) is 0 Å². The van der Waals surface area contributed by atoms with Gasteiger partial charge in [-0.05, 0) is 60.0 Å². The lowest BCUT2D eigenvalue weighted by Gasteiger charge is -2.27. The molecule has 0 bridgehead atoms. The van der Waals surface area contributed by atoms with E-state index in [1.165, 1.54) is 4.90 Å². The Hall–Kier alpha value is -4.52. The van der Waals surface area contributed by atoms with Crippen LogP contribution in [0.15, 0.2) is 94.6 Å². The van der Waals surface area contributed by atoms with Crippen LogP contribution in [0.3, 0.4) is 0 Å². The summed E-state index contributed by atoms with van der Waals surface area (Å²) in [6.45, 7) is 4.68. The van der Waals surface area contributed by atoms with Gasteiger partial charge in [0.1, 0.15) is 17.1 Å². The number of carbonyl (C=O) groups is 2. The number of amides is 1. The number of para-hydroxylation sites is 1. The Labute approximate surface area is 214 Å². The van der Waals surface area contributed by atoms with Crippen LogP contribution < -0.4 is 14.4 Å². The van der Waals surface area contributed by atoms with E-state index in [9.17, 15) is 14.7 Å². The van der Waals surface area contributed by atoms with Crippen LogP contribution in [-0.2, 0) is 4.79 Å². The molecule has 4 aromatic rings. The highest BCUT2D eigenvalue weighted by atomic mass is 16.5. The minimum absolute atomic E-state index is 0.0442. The van der Waals surface area contributed by atoms with Crippen molar-refractivity contribution >= 4 is 28.3 Å². The molecule has 0 radical (unpaired) electrons. The quantitative estimate of drug-likeness (QED) is 0.289. The van der Waals surface area contributed by atoms with Crippen molar-refractivity contribution < 1.29 is 28.6 Å². The Morgan fingerprint density at radius 2 is 1.76 bits per heavy atom. The second kappa shape index (κ2) is 9.85.